The van der Waals surface area contributed by atoms with E-state index in [0.717, 1.165) is 10.4 Å². The molecule has 104 valence electrons. The molecule has 0 saturated carbocycles. The van der Waals surface area contributed by atoms with Crippen molar-refractivity contribution in [1.82, 2.24) is 5.32 Å². The number of esters is 1. The van der Waals surface area contributed by atoms with Crippen LogP contribution in [0.4, 0.5) is 0 Å². The quantitative estimate of drug-likeness (QED) is 0.883. The van der Waals surface area contributed by atoms with Gasteiger partial charge in [-0.1, -0.05) is 23.7 Å². The fourth-order valence-electron chi connectivity index (χ4n) is 1.49. The summed E-state index contributed by atoms with van der Waals surface area (Å²) in [5, 5.41) is 3.05. The van der Waals surface area contributed by atoms with Crippen LogP contribution < -0.4 is 5.32 Å². The highest BCUT2D eigenvalue weighted by Gasteiger charge is 2.13. The number of benzene rings is 1. The fraction of sp³-hybridized carbons (Fsp3) is 0.143. The lowest BCUT2D eigenvalue weighted by Gasteiger charge is -2.01. The molecule has 0 saturated heterocycles. The molecular formula is C14H12ClNO3S. The first-order valence-electron chi connectivity index (χ1n) is 5.83. The van der Waals surface area contributed by atoms with E-state index in [1.807, 2.05) is 18.2 Å². The Hall–Kier alpha value is -1.85. The van der Waals surface area contributed by atoms with Gasteiger partial charge in [-0.3, -0.25) is 4.79 Å². The Morgan fingerprint density at radius 1 is 1.20 bits per heavy atom. The smallest absolute Gasteiger partial charge is 0.348 e. The van der Waals surface area contributed by atoms with Crippen molar-refractivity contribution in [3.63, 3.8) is 0 Å². The Morgan fingerprint density at radius 3 is 2.55 bits per heavy atom. The Morgan fingerprint density at radius 2 is 1.90 bits per heavy atom. The van der Waals surface area contributed by atoms with Crippen LogP contribution in [0.2, 0.25) is 5.02 Å². The van der Waals surface area contributed by atoms with Gasteiger partial charge < -0.3 is 10.1 Å². The van der Waals surface area contributed by atoms with Crippen LogP contribution in [0.15, 0.2) is 36.4 Å². The normalized spacial score (nSPS) is 10.1. The highest BCUT2D eigenvalue weighted by molar-refractivity contribution is 7.17. The maximum Gasteiger partial charge on any atom is 0.348 e. The summed E-state index contributed by atoms with van der Waals surface area (Å²) in [6, 6.07) is 10.9. The Labute approximate surface area is 125 Å². The van der Waals surface area contributed by atoms with Crippen molar-refractivity contribution in [3.8, 4) is 10.4 Å². The van der Waals surface area contributed by atoms with E-state index in [1.54, 1.807) is 18.2 Å². The van der Waals surface area contributed by atoms with Crippen LogP contribution in [0.1, 0.15) is 9.67 Å². The Balaban J connectivity index is 2.06. The van der Waals surface area contributed by atoms with Gasteiger partial charge in [-0.25, -0.2) is 4.79 Å². The fourth-order valence-corrected chi connectivity index (χ4v) is 2.52. The topological polar surface area (TPSA) is 55.4 Å². The van der Waals surface area contributed by atoms with Crippen molar-refractivity contribution in [2.24, 2.45) is 0 Å². The minimum atomic E-state index is -0.501. The zero-order valence-electron chi connectivity index (χ0n) is 10.7. The van der Waals surface area contributed by atoms with Crippen LogP contribution in [0.25, 0.3) is 10.4 Å². The molecule has 1 amide bonds. The molecule has 2 rings (SSSR count). The first kappa shape index (κ1) is 14.6. The molecule has 0 bridgehead atoms. The third-order valence-corrected chi connectivity index (χ3v) is 3.92. The summed E-state index contributed by atoms with van der Waals surface area (Å²) in [7, 11) is 1.49. The van der Waals surface area contributed by atoms with E-state index in [2.05, 4.69) is 5.32 Å². The van der Waals surface area contributed by atoms with Crippen LogP contribution in [0, 0.1) is 0 Å². The monoisotopic (exact) mass is 309 g/mol. The van der Waals surface area contributed by atoms with Gasteiger partial charge >= 0.3 is 5.97 Å². The van der Waals surface area contributed by atoms with Crippen LogP contribution in [-0.4, -0.2) is 25.5 Å². The Bertz CT molecular complexity index is 622. The second kappa shape index (κ2) is 6.54. The van der Waals surface area contributed by atoms with Gasteiger partial charge in [-0.2, -0.15) is 0 Å². The van der Waals surface area contributed by atoms with E-state index in [4.69, 9.17) is 16.3 Å². The van der Waals surface area contributed by atoms with Gasteiger partial charge in [0.1, 0.15) is 4.88 Å². The van der Waals surface area contributed by atoms with Crippen LogP contribution in [-0.2, 0) is 9.53 Å². The molecule has 1 N–H and O–H groups in total. The number of carbonyl (C=O) groups is 2. The molecule has 0 aliphatic heterocycles. The zero-order valence-corrected chi connectivity index (χ0v) is 12.3. The average Bonchev–Trinajstić information content (AvgIpc) is 2.95. The number of hydrogen-bond donors (Lipinski definition) is 1. The first-order valence-corrected chi connectivity index (χ1v) is 7.03. The number of halogens is 1. The number of amides is 1. The number of thiophene rings is 1. The van der Waals surface area contributed by atoms with Crippen molar-refractivity contribution in [1.29, 1.82) is 0 Å². The SMILES string of the molecule is CNC(=O)COC(=O)c1ccc(-c2ccc(Cl)cc2)s1. The molecule has 1 aromatic heterocycles. The number of likely N-dealkylation sites (N-methyl/N-ethyl adjacent to an activating group) is 1. The third-order valence-electron chi connectivity index (χ3n) is 2.55. The highest BCUT2D eigenvalue weighted by Crippen LogP contribution is 2.29. The second-order valence-electron chi connectivity index (χ2n) is 3.92. The average molecular weight is 310 g/mol. The van der Waals surface area contributed by atoms with Crippen molar-refractivity contribution in [3.05, 3.63) is 46.3 Å². The summed E-state index contributed by atoms with van der Waals surface area (Å²) >= 11 is 7.14. The minimum Gasteiger partial charge on any atom is -0.451 e. The Kier molecular flexibility index (Phi) is 4.76. The zero-order chi connectivity index (χ0) is 14.5. The third kappa shape index (κ3) is 3.59. The first-order chi connectivity index (χ1) is 9.60. The maximum absolute atomic E-state index is 11.8. The highest BCUT2D eigenvalue weighted by atomic mass is 35.5. The molecule has 2 aromatic rings. The largest absolute Gasteiger partial charge is 0.451 e. The van der Waals surface area contributed by atoms with E-state index < -0.39 is 5.97 Å². The minimum absolute atomic E-state index is 0.274. The lowest BCUT2D eigenvalue weighted by molar-refractivity contribution is -0.123. The van der Waals surface area contributed by atoms with E-state index in [9.17, 15) is 9.59 Å². The number of rotatable bonds is 4. The van der Waals surface area contributed by atoms with Crippen molar-refractivity contribution < 1.29 is 14.3 Å². The van der Waals surface area contributed by atoms with E-state index in [1.165, 1.54) is 18.4 Å². The van der Waals surface area contributed by atoms with Crippen LogP contribution in [0.3, 0.4) is 0 Å². The van der Waals surface area contributed by atoms with Crippen molar-refractivity contribution in [2.45, 2.75) is 0 Å². The number of nitrogens with one attached hydrogen (secondary N) is 1. The van der Waals surface area contributed by atoms with Gasteiger partial charge in [0.15, 0.2) is 6.61 Å². The summed E-state index contributed by atoms with van der Waals surface area (Å²) in [5.74, 6) is -0.841. The van der Waals surface area contributed by atoms with Gasteiger partial charge in [0, 0.05) is 16.9 Å². The molecule has 1 heterocycles. The molecule has 6 heteroatoms. The molecule has 0 radical (unpaired) electrons. The predicted octanol–water partition coefficient (Wildman–Crippen LogP) is 2.97. The lowest BCUT2D eigenvalue weighted by Crippen LogP contribution is -2.24. The molecule has 20 heavy (non-hydrogen) atoms. The molecule has 0 unspecified atom stereocenters. The van der Waals surface area contributed by atoms with Gasteiger partial charge in [0.2, 0.25) is 0 Å². The van der Waals surface area contributed by atoms with Crippen molar-refractivity contribution in [2.75, 3.05) is 13.7 Å². The van der Waals surface area contributed by atoms with E-state index >= 15 is 0 Å². The number of hydrogen-bond acceptors (Lipinski definition) is 4. The lowest BCUT2D eigenvalue weighted by atomic mass is 10.2. The number of carbonyl (C=O) groups excluding carboxylic acids is 2. The maximum atomic E-state index is 11.8. The summed E-state index contributed by atoms with van der Waals surface area (Å²) in [6.45, 7) is -0.274. The molecule has 0 aliphatic carbocycles. The predicted molar refractivity (Wildman–Crippen MR) is 79.1 cm³/mol. The molecule has 4 nitrogen and oxygen atoms in total. The molecule has 1 aromatic carbocycles. The molecule has 0 fully saturated rings. The standard InChI is InChI=1S/C14H12ClNO3S/c1-16-13(17)8-19-14(18)12-7-6-11(20-12)9-2-4-10(15)5-3-9/h2-7H,8H2,1H3,(H,16,17). The molecule has 0 spiro atoms. The molecule has 0 atom stereocenters. The molecular weight excluding hydrogens is 298 g/mol. The van der Waals surface area contributed by atoms with E-state index in [-0.39, 0.29) is 12.5 Å². The molecule has 0 aliphatic rings. The van der Waals surface area contributed by atoms with Gasteiger partial charge in [-0.05, 0) is 29.8 Å². The van der Waals surface area contributed by atoms with Gasteiger partial charge in [-0.15, -0.1) is 11.3 Å². The summed E-state index contributed by atoms with van der Waals surface area (Å²) in [6.07, 6.45) is 0. The summed E-state index contributed by atoms with van der Waals surface area (Å²) < 4.78 is 4.89. The summed E-state index contributed by atoms with van der Waals surface area (Å²) in [4.78, 5) is 24.2. The number of ether oxygens (including phenoxy) is 1. The van der Waals surface area contributed by atoms with Crippen molar-refractivity contribution >= 4 is 34.8 Å². The van der Waals surface area contributed by atoms with Gasteiger partial charge in [0.05, 0.1) is 0 Å². The van der Waals surface area contributed by atoms with Gasteiger partial charge in [0.25, 0.3) is 5.91 Å². The van der Waals surface area contributed by atoms with Crippen LogP contribution >= 0.6 is 22.9 Å². The second-order valence-corrected chi connectivity index (χ2v) is 5.44. The van der Waals surface area contributed by atoms with Crippen LogP contribution in [0.5, 0.6) is 0 Å². The summed E-state index contributed by atoms with van der Waals surface area (Å²) in [5.41, 5.74) is 0.977. The van der Waals surface area contributed by atoms with E-state index in [0.29, 0.717) is 9.90 Å².